The summed E-state index contributed by atoms with van der Waals surface area (Å²) >= 11 is 0. The van der Waals surface area contributed by atoms with Crippen LogP contribution in [0.25, 0.3) is 6.08 Å². The van der Waals surface area contributed by atoms with Crippen LogP contribution in [0.1, 0.15) is 12.5 Å². The molecule has 24 heavy (non-hydrogen) atoms. The largest absolute Gasteiger partial charge is 0.496 e. The van der Waals surface area contributed by atoms with E-state index in [1.54, 1.807) is 19.3 Å². The molecule has 0 saturated carbocycles. The van der Waals surface area contributed by atoms with Gasteiger partial charge >= 0.3 is 0 Å². The number of hydrogen-bond acceptors (Lipinski definition) is 3. The minimum atomic E-state index is -0.224. The highest BCUT2D eigenvalue weighted by molar-refractivity contribution is 6.02. The Bertz CT molecular complexity index is 750. The van der Waals surface area contributed by atoms with Gasteiger partial charge in [0, 0.05) is 23.4 Å². The van der Waals surface area contributed by atoms with Crippen LogP contribution in [0.5, 0.6) is 11.5 Å². The molecule has 0 aliphatic carbocycles. The maximum Gasteiger partial charge on any atom is 0.248 e. The number of carbonyl (C=O) groups is 1. The van der Waals surface area contributed by atoms with Gasteiger partial charge in [0.25, 0.3) is 0 Å². The van der Waals surface area contributed by atoms with Gasteiger partial charge in [0.05, 0.1) is 7.11 Å². The fraction of sp³-hybridized carbons (Fsp3) is 0.150. The van der Waals surface area contributed by atoms with E-state index in [0.717, 1.165) is 16.9 Å². The molecular weight excluding hydrogens is 302 g/mol. The summed E-state index contributed by atoms with van der Waals surface area (Å²) in [6, 6.07) is 14.8. The summed E-state index contributed by atoms with van der Waals surface area (Å²) < 4.78 is 10.8. The Morgan fingerprint density at radius 2 is 2.00 bits per heavy atom. The number of methoxy groups -OCH3 is 1. The number of para-hydroxylation sites is 1. The van der Waals surface area contributed by atoms with Crippen LogP contribution in [-0.4, -0.2) is 19.6 Å². The number of anilines is 1. The first-order valence-electron chi connectivity index (χ1n) is 7.58. The summed E-state index contributed by atoms with van der Waals surface area (Å²) in [6.45, 7) is 6.14. The lowest BCUT2D eigenvalue weighted by molar-refractivity contribution is -0.111. The summed E-state index contributed by atoms with van der Waals surface area (Å²) in [5.41, 5.74) is 2.45. The van der Waals surface area contributed by atoms with Gasteiger partial charge in [-0.05, 0) is 36.8 Å². The number of carbonyl (C=O) groups excluding carboxylic acids is 1. The number of amides is 1. The van der Waals surface area contributed by atoms with Gasteiger partial charge in [0.2, 0.25) is 5.91 Å². The molecule has 0 fully saturated rings. The lowest BCUT2D eigenvalue weighted by atomic mass is 10.2. The third kappa shape index (κ3) is 5.32. The molecule has 4 nitrogen and oxygen atoms in total. The first-order chi connectivity index (χ1) is 11.6. The first kappa shape index (κ1) is 17.3. The highest BCUT2D eigenvalue weighted by Gasteiger charge is 2.02. The Hall–Kier alpha value is -3.01. The van der Waals surface area contributed by atoms with E-state index in [1.165, 1.54) is 6.08 Å². The molecule has 0 aromatic heterocycles. The average molecular weight is 323 g/mol. The maximum absolute atomic E-state index is 12.1. The van der Waals surface area contributed by atoms with E-state index in [-0.39, 0.29) is 5.91 Å². The van der Waals surface area contributed by atoms with E-state index in [0.29, 0.717) is 18.0 Å². The minimum Gasteiger partial charge on any atom is -0.496 e. The van der Waals surface area contributed by atoms with Crippen LogP contribution in [-0.2, 0) is 4.79 Å². The van der Waals surface area contributed by atoms with Gasteiger partial charge in [-0.25, -0.2) is 0 Å². The highest BCUT2D eigenvalue weighted by atomic mass is 16.5. The molecule has 2 aromatic rings. The minimum absolute atomic E-state index is 0.224. The van der Waals surface area contributed by atoms with Crippen molar-refractivity contribution < 1.29 is 14.3 Å². The molecule has 124 valence electrons. The van der Waals surface area contributed by atoms with Gasteiger partial charge in [0.1, 0.15) is 18.1 Å². The van der Waals surface area contributed by atoms with Crippen molar-refractivity contribution in [2.75, 3.05) is 19.0 Å². The summed E-state index contributed by atoms with van der Waals surface area (Å²) in [7, 11) is 1.60. The Labute approximate surface area is 142 Å². The zero-order valence-corrected chi connectivity index (χ0v) is 13.9. The zero-order chi connectivity index (χ0) is 17.4. The van der Waals surface area contributed by atoms with Gasteiger partial charge in [-0.15, -0.1) is 0 Å². The fourth-order valence-corrected chi connectivity index (χ4v) is 2.02. The summed E-state index contributed by atoms with van der Waals surface area (Å²) in [5.74, 6) is 1.18. The van der Waals surface area contributed by atoms with Crippen LogP contribution >= 0.6 is 0 Å². The van der Waals surface area contributed by atoms with Gasteiger partial charge < -0.3 is 14.8 Å². The second-order valence-corrected chi connectivity index (χ2v) is 5.34. The lowest BCUT2D eigenvalue weighted by Gasteiger charge is -2.08. The lowest BCUT2D eigenvalue weighted by Crippen LogP contribution is -2.08. The Balaban J connectivity index is 2.00. The quantitative estimate of drug-likeness (QED) is 0.610. The third-order valence-electron chi connectivity index (χ3n) is 3.14. The van der Waals surface area contributed by atoms with Crippen LogP contribution in [0.2, 0.25) is 0 Å². The van der Waals surface area contributed by atoms with E-state index in [2.05, 4.69) is 11.9 Å². The molecule has 2 rings (SSSR count). The van der Waals surface area contributed by atoms with E-state index >= 15 is 0 Å². The molecule has 0 aliphatic rings. The van der Waals surface area contributed by atoms with E-state index in [4.69, 9.17) is 9.47 Å². The fourth-order valence-electron chi connectivity index (χ4n) is 2.02. The smallest absolute Gasteiger partial charge is 0.248 e. The van der Waals surface area contributed by atoms with E-state index in [9.17, 15) is 4.79 Å². The molecule has 0 spiro atoms. The number of benzene rings is 2. The molecule has 4 heteroatoms. The topological polar surface area (TPSA) is 47.6 Å². The van der Waals surface area contributed by atoms with Crippen LogP contribution < -0.4 is 14.8 Å². The van der Waals surface area contributed by atoms with Crippen molar-refractivity contribution in [2.24, 2.45) is 0 Å². The molecular formula is C20H21NO3. The maximum atomic E-state index is 12.1. The van der Waals surface area contributed by atoms with Gasteiger partial charge in [-0.2, -0.15) is 0 Å². The summed E-state index contributed by atoms with van der Waals surface area (Å²) in [4.78, 5) is 12.1. The molecule has 0 aliphatic heterocycles. The average Bonchev–Trinajstić information content (AvgIpc) is 2.58. The van der Waals surface area contributed by atoms with Crippen LogP contribution in [0.4, 0.5) is 5.69 Å². The molecule has 0 atom stereocenters. The number of nitrogens with one attached hydrogen (secondary N) is 1. The molecule has 0 saturated heterocycles. The van der Waals surface area contributed by atoms with Crippen molar-refractivity contribution in [1.82, 2.24) is 0 Å². The van der Waals surface area contributed by atoms with Gasteiger partial charge in [-0.3, -0.25) is 4.79 Å². The molecule has 0 unspecified atom stereocenters. The SMILES string of the molecule is C=C(C)COc1cccc(NC(=O)/C=C/c2ccccc2OC)c1. The van der Waals surface area contributed by atoms with Crippen molar-refractivity contribution in [1.29, 1.82) is 0 Å². The predicted octanol–water partition coefficient (Wildman–Crippen LogP) is 4.30. The van der Waals surface area contributed by atoms with Crippen molar-refractivity contribution in [3.63, 3.8) is 0 Å². The first-order valence-corrected chi connectivity index (χ1v) is 7.58. The monoisotopic (exact) mass is 323 g/mol. The van der Waals surface area contributed by atoms with E-state index < -0.39 is 0 Å². The van der Waals surface area contributed by atoms with Crippen LogP contribution in [0.15, 0.2) is 66.8 Å². The zero-order valence-electron chi connectivity index (χ0n) is 13.9. The second kappa shape index (κ2) is 8.58. The molecule has 0 bridgehead atoms. The van der Waals surface area contributed by atoms with Crippen molar-refractivity contribution in [2.45, 2.75) is 6.92 Å². The number of ether oxygens (including phenoxy) is 2. The number of rotatable bonds is 7. The third-order valence-corrected chi connectivity index (χ3v) is 3.14. The van der Waals surface area contributed by atoms with Gasteiger partial charge in [0.15, 0.2) is 0 Å². The van der Waals surface area contributed by atoms with Crippen LogP contribution in [0.3, 0.4) is 0 Å². The van der Waals surface area contributed by atoms with Crippen molar-refractivity contribution in [3.8, 4) is 11.5 Å². The Kier molecular flexibility index (Phi) is 6.20. The molecule has 1 amide bonds. The standard InChI is InChI=1S/C20H21NO3/c1-15(2)14-24-18-9-6-8-17(13-18)21-20(22)12-11-16-7-4-5-10-19(16)23-3/h4-13H,1,14H2,2-3H3,(H,21,22)/b12-11+. The molecule has 2 aromatic carbocycles. The highest BCUT2D eigenvalue weighted by Crippen LogP contribution is 2.20. The molecule has 1 N–H and O–H groups in total. The second-order valence-electron chi connectivity index (χ2n) is 5.34. The predicted molar refractivity (Wildman–Crippen MR) is 97.4 cm³/mol. The molecule has 0 heterocycles. The van der Waals surface area contributed by atoms with Crippen molar-refractivity contribution >= 4 is 17.7 Å². The van der Waals surface area contributed by atoms with Gasteiger partial charge in [-0.1, -0.05) is 30.8 Å². The summed E-state index contributed by atoms with van der Waals surface area (Å²) in [6.07, 6.45) is 3.19. The Morgan fingerprint density at radius 3 is 2.75 bits per heavy atom. The number of hydrogen-bond donors (Lipinski definition) is 1. The van der Waals surface area contributed by atoms with E-state index in [1.807, 2.05) is 49.4 Å². The van der Waals surface area contributed by atoms with Crippen LogP contribution in [0, 0.1) is 0 Å². The molecule has 0 radical (unpaired) electrons. The summed E-state index contributed by atoms with van der Waals surface area (Å²) in [5, 5.41) is 2.81. The van der Waals surface area contributed by atoms with Crippen molar-refractivity contribution in [3.05, 3.63) is 72.3 Å². The Morgan fingerprint density at radius 1 is 1.21 bits per heavy atom. The normalized spacial score (nSPS) is 10.4.